The SMILES string of the molecule is C=C/C(=C(C)\C=C\F)N1C/C=C/CC(C(=O)O)/C=C/N=C1CCCCC(O)OC(C)(C)C. The lowest BCUT2D eigenvalue weighted by Crippen LogP contribution is -2.31. The Morgan fingerprint density at radius 1 is 1.41 bits per heavy atom. The van der Waals surface area contributed by atoms with E-state index in [-0.39, 0.29) is 0 Å². The smallest absolute Gasteiger partial charge is 0.310 e. The number of unbranched alkanes of at least 4 members (excludes halogenated alkanes) is 1. The molecular weight excluding hydrogens is 411 g/mol. The molecule has 2 unspecified atom stereocenters. The number of aliphatic carboxylic acids is 1. The van der Waals surface area contributed by atoms with Crippen molar-refractivity contribution in [2.75, 3.05) is 6.54 Å². The van der Waals surface area contributed by atoms with Crippen molar-refractivity contribution in [2.45, 2.75) is 71.7 Å². The highest BCUT2D eigenvalue weighted by Crippen LogP contribution is 2.20. The minimum Gasteiger partial charge on any atom is -0.481 e. The van der Waals surface area contributed by atoms with Crippen LogP contribution in [0.4, 0.5) is 4.39 Å². The lowest BCUT2D eigenvalue weighted by molar-refractivity contribution is -0.168. The average Bonchev–Trinajstić information content (AvgIpc) is 2.69. The molecule has 0 saturated heterocycles. The zero-order chi connectivity index (χ0) is 24.1. The third-order valence-corrected chi connectivity index (χ3v) is 4.81. The van der Waals surface area contributed by atoms with E-state index in [1.54, 1.807) is 19.1 Å². The molecule has 6 nitrogen and oxygen atoms in total. The normalized spacial score (nSPS) is 21.5. The van der Waals surface area contributed by atoms with Gasteiger partial charge in [0.1, 0.15) is 5.84 Å². The minimum absolute atomic E-state index is 0.368. The molecule has 2 atom stereocenters. The summed E-state index contributed by atoms with van der Waals surface area (Å²) in [6, 6.07) is 0. The van der Waals surface area contributed by atoms with Crippen LogP contribution in [0.15, 0.2) is 65.8 Å². The second kappa shape index (κ2) is 13.8. The van der Waals surface area contributed by atoms with E-state index in [0.717, 1.165) is 18.5 Å². The third kappa shape index (κ3) is 10.2. The van der Waals surface area contributed by atoms with Crippen LogP contribution in [0.1, 0.15) is 59.8 Å². The predicted molar refractivity (Wildman–Crippen MR) is 127 cm³/mol. The van der Waals surface area contributed by atoms with E-state index in [1.807, 2.05) is 37.8 Å². The van der Waals surface area contributed by atoms with Crippen LogP contribution in [-0.2, 0) is 9.53 Å². The van der Waals surface area contributed by atoms with Gasteiger partial charge in [-0.1, -0.05) is 24.8 Å². The van der Waals surface area contributed by atoms with Crippen LogP contribution in [0, 0.1) is 5.92 Å². The molecule has 0 aromatic carbocycles. The van der Waals surface area contributed by atoms with Crippen LogP contribution in [0.3, 0.4) is 0 Å². The Kier molecular flexibility index (Phi) is 11.9. The summed E-state index contributed by atoms with van der Waals surface area (Å²) >= 11 is 0. The first-order valence-corrected chi connectivity index (χ1v) is 10.9. The maximum absolute atomic E-state index is 12.8. The van der Waals surface area contributed by atoms with Gasteiger partial charge in [0.2, 0.25) is 0 Å². The van der Waals surface area contributed by atoms with Gasteiger partial charge in [-0.25, -0.2) is 9.38 Å². The van der Waals surface area contributed by atoms with Crippen LogP contribution in [0.25, 0.3) is 0 Å². The number of halogens is 1. The standard InChI is InChI=1S/C25H37FN2O4/c1-6-21(19(2)14-16-26)28-18-10-9-11-20(24(30)31)15-17-27-22(28)12-7-8-13-23(29)32-25(3,4)5/h6,9-10,14-17,20,23,29H,1,7-8,11-13,18H2,2-5H3,(H,30,31)/b10-9+,16-14+,17-15+,21-19+,27-22?. The summed E-state index contributed by atoms with van der Waals surface area (Å²) in [5.41, 5.74) is 1.00. The summed E-state index contributed by atoms with van der Waals surface area (Å²) < 4.78 is 18.4. The number of hydrogen-bond acceptors (Lipinski definition) is 5. The summed E-state index contributed by atoms with van der Waals surface area (Å²) in [5.74, 6) is -0.827. The number of nitrogens with zero attached hydrogens (tertiary/aromatic N) is 2. The van der Waals surface area contributed by atoms with Crippen molar-refractivity contribution in [3.63, 3.8) is 0 Å². The molecular formula is C25H37FN2O4. The maximum Gasteiger partial charge on any atom is 0.310 e. The Labute approximate surface area is 191 Å². The first-order valence-electron chi connectivity index (χ1n) is 10.9. The summed E-state index contributed by atoms with van der Waals surface area (Å²) in [4.78, 5) is 17.9. The van der Waals surface area contributed by atoms with E-state index >= 15 is 0 Å². The number of carboxylic acid groups (broad SMARTS) is 1. The molecule has 32 heavy (non-hydrogen) atoms. The number of amidine groups is 1. The summed E-state index contributed by atoms with van der Waals surface area (Å²) in [7, 11) is 0. The molecule has 0 saturated carbocycles. The number of aliphatic imine (C=N–C) groups is 1. The van der Waals surface area contributed by atoms with Crippen LogP contribution in [0.5, 0.6) is 0 Å². The molecule has 1 heterocycles. The number of allylic oxidation sites excluding steroid dienone is 4. The van der Waals surface area contributed by atoms with Crippen molar-refractivity contribution < 1.29 is 24.1 Å². The van der Waals surface area contributed by atoms with Crippen LogP contribution >= 0.6 is 0 Å². The van der Waals surface area contributed by atoms with Gasteiger partial charge in [0.25, 0.3) is 0 Å². The fourth-order valence-electron chi connectivity index (χ4n) is 3.26. The minimum atomic E-state index is -0.900. The van der Waals surface area contributed by atoms with E-state index in [0.29, 0.717) is 43.5 Å². The van der Waals surface area contributed by atoms with Gasteiger partial charge < -0.3 is 19.8 Å². The molecule has 1 aliphatic heterocycles. The van der Waals surface area contributed by atoms with Crippen molar-refractivity contribution in [1.82, 2.24) is 4.90 Å². The molecule has 0 aliphatic carbocycles. The van der Waals surface area contributed by atoms with Gasteiger partial charge in [0.15, 0.2) is 6.29 Å². The summed E-state index contributed by atoms with van der Waals surface area (Å²) in [5, 5.41) is 19.4. The zero-order valence-corrected chi connectivity index (χ0v) is 19.6. The van der Waals surface area contributed by atoms with E-state index in [1.165, 1.54) is 12.3 Å². The highest BCUT2D eigenvalue weighted by Gasteiger charge is 2.19. The van der Waals surface area contributed by atoms with Crippen molar-refractivity contribution in [3.8, 4) is 0 Å². The maximum atomic E-state index is 12.8. The molecule has 0 fully saturated rings. The van der Waals surface area contributed by atoms with Crippen molar-refractivity contribution in [3.05, 3.63) is 60.8 Å². The highest BCUT2D eigenvalue weighted by molar-refractivity contribution is 5.85. The van der Waals surface area contributed by atoms with Gasteiger partial charge in [0.05, 0.1) is 17.8 Å². The van der Waals surface area contributed by atoms with Gasteiger partial charge in [-0.05, 0) is 71.1 Å². The topological polar surface area (TPSA) is 82.4 Å². The molecule has 2 N–H and O–H groups in total. The van der Waals surface area contributed by atoms with Gasteiger partial charge >= 0.3 is 5.97 Å². The quantitative estimate of drug-likeness (QED) is 0.200. The highest BCUT2D eigenvalue weighted by atomic mass is 19.1. The molecule has 7 heteroatoms. The Morgan fingerprint density at radius 3 is 2.72 bits per heavy atom. The number of rotatable bonds is 10. The number of carboxylic acids is 1. The van der Waals surface area contributed by atoms with Gasteiger partial charge in [-0.3, -0.25) is 4.79 Å². The van der Waals surface area contributed by atoms with Gasteiger partial charge in [-0.15, -0.1) is 0 Å². The first kappa shape index (κ1) is 27.5. The lowest BCUT2D eigenvalue weighted by atomic mass is 10.0. The number of carbonyl (C=O) groups is 1. The Bertz CT molecular complexity index is 775. The second-order valence-corrected chi connectivity index (χ2v) is 8.64. The zero-order valence-electron chi connectivity index (χ0n) is 19.6. The molecule has 1 aliphatic rings. The third-order valence-electron chi connectivity index (χ3n) is 4.81. The number of aliphatic hydroxyl groups is 1. The Balaban J connectivity index is 3.09. The van der Waals surface area contributed by atoms with E-state index in [9.17, 15) is 19.4 Å². The van der Waals surface area contributed by atoms with Crippen molar-refractivity contribution in [2.24, 2.45) is 10.9 Å². The monoisotopic (exact) mass is 448 g/mol. The number of hydrogen-bond donors (Lipinski definition) is 2. The molecule has 0 aromatic rings. The molecule has 0 amide bonds. The number of ether oxygens (including phenoxy) is 1. The van der Waals surface area contributed by atoms with E-state index < -0.39 is 23.8 Å². The molecule has 0 spiro atoms. The lowest BCUT2D eigenvalue weighted by Gasteiger charge is -2.28. The summed E-state index contributed by atoms with van der Waals surface area (Å²) in [6.45, 7) is 11.8. The summed E-state index contributed by atoms with van der Waals surface area (Å²) in [6.07, 6.45) is 12.4. The van der Waals surface area contributed by atoms with E-state index in [4.69, 9.17) is 4.74 Å². The Hall–Kier alpha value is -2.51. The van der Waals surface area contributed by atoms with Gasteiger partial charge in [0, 0.05) is 24.9 Å². The number of aliphatic hydroxyl groups excluding tert-OH is 1. The van der Waals surface area contributed by atoms with E-state index in [2.05, 4.69) is 11.6 Å². The largest absolute Gasteiger partial charge is 0.481 e. The molecule has 0 radical (unpaired) electrons. The van der Waals surface area contributed by atoms with Crippen LogP contribution < -0.4 is 0 Å². The first-order chi connectivity index (χ1) is 15.1. The fourth-order valence-corrected chi connectivity index (χ4v) is 3.26. The predicted octanol–water partition coefficient (Wildman–Crippen LogP) is 5.50. The van der Waals surface area contributed by atoms with Crippen LogP contribution in [-0.4, -0.2) is 45.4 Å². The molecule has 0 aromatic heterocycles. The molecule has 1 rings (SSSR count). The fraction of sp³-hybridized carbons (Fsp3) is 0.520. The molecule has 0 bridgehead atoms. The molecule has 178 valence electrons. The second-order valence-electron chi connectivity index (χ2n) is 8.64. The Morgan fingerprint density at radius 2 is 2.12 bits per heavy atom. The average molecular weight is 449 g/mol. The van der Waals surface area contributed by atoms with Crippen LogP contribution in [0.2, 0.25) is 0 Å². The van der Waals surface area contributed by atoms with Crippen molar-refractivity contribution in [1.29, 1.82) is 0 Å². The van der Waals surface area contributed by atoms with Crippen molar-refractivity contribution >= 4 is 11.8 Å². The van der Waals surface area contributed by atoms with Gasteiger partial charge in [-0.2, -0.15) is 0 Å².